The Morgan fingerprint density at radius 3 is 2.25 bits per heavy atom. The Bertz CT molecular complexity index is 1510. The average Bonchev–Trinajstić information content (AvgIpc) is 2.89. The number of hydrogen-bond acceptors (Lipinski definition) is 10. The number of rotatable bonds is 8. The summed E-state index contributed by atoms with van der Waals surface area (Å²) in [7, 11) is 2.99. The van der Waals surface area contributed by atoms with Gasteiger partial charge in [-0.05, 0) is 24.3 Å². The number of methoxy groups -OCH3 is 2. The van der Waals surface area contributed by atoms with Gasteiger partial charge in [-0.25, -0.2) is 9.97 Å². The van der Waals surface area contributed by atoms with E-state index in [1.54, 1.807) is 30.3 Å². The lowest BCUT2D eigenvalue weighted by Gasteiger charge is -2.26. The molecule has 12 heteroatoms. The van der Waals surface area contributed by atoms with Gasteiger partial charge in [0.15, 0.2) is 11.5 Å². The molecule has 0 aliphatic carbocycles. The number of benzene rings is 2. The van der Waals surface area contributed by atoms with Gasteiger partial charge in [-0.1, -0.05) is 0 Å². The van der Waals surface area contributed by atoms with Crippen molar-refractivity contribution in [1.82, 2.24) is 24.8 Å². The van der Waals surface area contributed by atoms with E-state index in [1.165, 1.54) is 14.2 Å². The van der Waals surface area contributed by atoms with E-state index < -0.39 is 0 Å². The highest BCUT2D eigenvalue weighted by atomic mass is 16.5. The lowest BCUT2D eigenvalue weighted by atomic mass is 10.2. The van der Waals surface area contributed by atoms with Gasteiger partial charge in [0.2, 0.25) is 11.9 Å². The molecule has 0 amide bonds. The molecule has 4 aromatic rings. The summed E-state index contributed by atoms with van der Waals surface area (Å²) in [6.07, 6.45) is 0. The van der Waals surface area contributed by atoms with E-state index in [2.05, 4.69) is 30.2 Å². The van der Waals surface area contributed by atoms with Gasteiger partial charge in [-0.3, -0.25) is 29.8 Å². The largest absolute Gasteiger partial charge is 0.493 e. The van der Waals surface area contributed by atoms with Crippen LogP contribution in [0.2, 0.25) is 0 Å². The van der Waals surface area contributed by atoms with E-state index >= 15 is 0 Å². The summed E-state index contributed by atoms with van der Waals surface area (Å²) in [4.78, 5) is 41.8. The van der Waals surface area contributed by atoms with Crippen molar-refractivity contribution in [2.45, 2.75) is 0 Å². The molecular formula is C24H26N6O6. The van der Waals surface area contributed by atoms with Crippen LogP contribution in [0.25, 0.3) is 21.8 Å². The van der Waals surface area contributed by atoms with E-state index in [1.807, 2.05) is 0 Å². The van der Waals surface area contributed by atoms with Gasteiger partial charge in [0.1, 0.15) is 12.4 Å². The van der Waals surface area contributed by atoms with Crippen molar-refractivity contribution in [2.75, 3.05) is 59.0 Å². The predicted octanol–water partition coefficient (Wildman–Crippen LogP) is 1.63. The maximum absolute atomic E-state index is 12.8. The van der Waals surface area contributed by atoms with Crippen LogP contribution in [0.1, 0.15) is 0 Å². The fourth-order valence-electron chi connectivity index (χ4n) is 4.02. The number of fused-ring (bicyclic) bond motifs is 2. The number of aromatic amines is 2. The van der Waals surface area contributed by atoms with Crippen LogP contribution in [-0.2, 0) is 4.74 Å². The summed E-state index contributed by atoms with van der Waals surface area (Å²) < 4.78 is 21.7. The van der Waals surface area contributed by atoms with E-state index in [9.17, 15) is 9.59 Å². The smallest absolute Gasteiger partial charge is 0.260 e. The molecular weight excluding hydrogens is 468 g/mol. The van der Waals surface area contributed by atoms with Gasteiger partial charge in [-0.15, -0.1) is 0 Å². The lowest BCUT2D eigenvalue weighted by molar-refractivity contribution is 0.0322. The first kappa shape index (κ1) is 23.6. The zero-order chi connectivity index (χ0) is 25.1. The summed E-state index contributed by atoms with van der Waals surface area (Å²) in [6, 6.07) is 8.31. The summed E-state index contributed by atoms with van der Waals surface area (Å²) in [5.41, 5.74) is 0.123. The summed E-state index contributed by atoms with van der Waals surface area (Å²) in [6.45, 7) is 4.54. The lowest BCUT2D eigenvalue weighted by Crippen LogP contribution is -2.38. The van der Waals surface area contributed by atoms with E-state index in [0.717, 1.165) is 32.8 Å². The Morgan fingerprint density at radius 1 is 0.917 bits per heavy atom. The van der Waals surface area contributed by atoms with E-state index in [4.69, 9.17) is 18.9 Å². The van der Waals surface area contributed by atoms with Crippen LogP contribution in [0.5, 0.6) is 17.2 Å². The molecule has 36 heavy (non-hydrogen) atoms. The molecule has 1 saturated heterocycles. The highest BCUT2D eigenvalue weighted by molar-refractivity contribution is 5.83. The molecule has 12 nitrogen and oxygen atoms in total. The van der Waals surface area contributed by atoms with Crippen LogP contribution in [-0.4, -0.2) is 78.5 Å². The maximum atomic E-state index is 12.8. The highest BCUT2D eigenvalue weighted by Crippen LogP contribution is 2.30. The number of morpholine rings is 1. The van der Waals surface area contributed by atoms with Crippen LogP contribution in [0.3, 0.4) is 0 Å². The number of nitrogens with one attached hydrogen (secondary N) is 3. The third kappa shape index (κ3) is 4.95. The summed E-state index contributed by atoms with van der Waals surface area (Å²) in [5.74, 6) is 1.70. The molecule has 0 saturated carbocycles. The topological polar surface area (TPSA) is 144 Å². The molecule has 1 fully saturated rings. The van der Waals surface area contributed by atoms with Gasteiger partial charge in [-0.2, -0.15) is 0 Å². The Hall–Kier alpha value is -4.16. The number of aromatic nitrogens is 4. The number of anilines is 2. The Labute approximate surface area is 205 Å². The van der Waals surface area contributed by atoms with Crippen molar-refractivity contribution < 1.29 is 18.9 Å². The molecule has 0 bridgehead atoms. The molecule has 2 aromatic heterocycles. The first-order chi connectivity index (χ1) is 17.5. The second-order valence-corrected chi connectivity index (χ2v) is 8.16. The molecule has 188 valence electrons. The van der Waals surface area contributed by atoms with Gasteiger partial charge >= 0.3 is 0 Å². The molecule has 0 spiro atoms. The minimum absolute atomic E-state index is 0.116. The third-order valence-corrected chi connectivity index (χ3v) is 5.90. The van der Waals surface area contributed by atoms with E-state index in [-0.39, 0.29) is 23.0 Å². The number of ether oxygens (including phenoxy) is 4. The molecule has 0 atom stereocenters. The summed E-state index contributed by atoms with van der Waals surface area (Å²) in [5, 5.41) is 3.59. The number of H-pyrrole nitrogens is 2. The second kappa shape index (κ2) is 10.2. The van der Waals surface area contributed by atoms with Crippen molar-refractivity contribution in [3.8, 4) is 17.2 Å². The predicted molar refractivity (Wildman–Crippen MR) is 134 cm³/mol. The molecule has 1 aliphatic heterocycles. The minimum atomic E-state index is -0.384. The van der Waals surface area contributed by atoms with Gasteiger partial charge in [0.05, 0.1) is 49.2 Å². The van der Waals surface area contributed by atoms with Gasteiger partial charge in [0, 0.05) is 25.7 Å². The SMILES string of the molecule is COc1cc2nc(Nc3nc4ccc(OCCN5CCOCC5)cc4c(=O)[nH]3)[nH]c(=O)c2cc1OC. The molecule has 0 radical (unpaired) electrons. The Morgan fingerprint density at radius 2 is 1.56 bits per heavy atom. The number of hydrogen-bond donors (Lipinski definition) is 3. The average molecular weight is 495 g/mol. The van der Waals surface area contributed by atoms with E-state index in [0.29, 0.717) is 45.7 Å². The van der Waals surface area contributed by atoms with Gasteiger partial charge in [0.25, 0.3) is 11.1 Å². The summed E-state index contributed by atoms with van der Waals surface area (Å²) >= 11 is 0. The Kier molecular flexibility index (Phi) is 6.69. The van der Waals surface area contributed by atoms with Crippen LogP contribution in [0, 0.1) is 0 Å². The molecule has 3 N–H and O–H groups in total. The first-order valence-electron chi connectivity index (χ1n) is 11.4. The first-order valence-corrected chi connectivity index (χ1v) is 11.4. The molecule has 5 rings (SSSR count). The van der Waals surface area contributed by atoms with Crippen LogP contribution < -0.4 is 30.6 Å². The van der Waals surface area contributed by atoms with Crippen molar-refractivity contribution in [1.29, 1.82) is 0 Å². The van der Waals surface area contributed by atoms with Crippen LogP contribution in [0.4, 0.5) is 11.9 Å². The molecule has 2 aromatic carbocycles. The fraction of sp³-hybridized carbons (Fsp3) is 0.333. The van der Waals surface area contributed by atoms with Crippen molar-refractivity contribution in [2.24, 2.45) is 0 Å². The zero-order valence-electron chi connectivity index (χ0n) is 19.9. The van der Waals surface area contributed by atoms with Crippen molar-refractivity contribution in [3.05, 3.63) is 51.0 Å². The standard InChI is InChI=1S/C24H26N6O6/c1-33-19-12-16-18(13-20(19)34-2)26-24(28-22(16)32)29-23-25-17-4-3-14(11-15(17)21(31)27-23)36-10-7-30-5-8-35-9-6-30/h3-4,11-13H,5-10H2,1-2H3,(H3,25,26,27,28,29,31,32). The molecule has 0 unspecified atom stereocenters. The zero-order valence-corrected chi connectivity index (χ0v) is 19.9. The third-order valence-electron chi connectivity index (χ3n) is 5.90. The van der Waals surface area contributed by atoms with Gasteiger partial charge < -0.3 is 18.9 Å². The number of nitrogens with zero attached hydrogens (tertiary/aromatic N) is 3. The molecule has 1 aliphatic rings. The second-order valence-electron chi connectivity index (χ2n) is 8.16. The highest BCUT2D eigenvalue weighted by Gasteiger charge is 2.13. The fourth-order valence-corrected chi connectivity index (χ4v) is 4.02. The van der Waals surface area contributed by atoms with Crippen LogP contribution >= 0.6 is 0 Å². The van der Waals surface area contributed by atoms with Crippen LogP contribution in [0.15, 0.2) is 39.9 Å². The normalized spacial score (nSPS) is 14.2. The maximum Gasteiger partial charge on any atom is 0.260 e. The quantitative estimate of drug-likeness (QED) is 0.331. The van der Waals surface area contributed by atoms with Crippen molar-refractivity contribution >= 4 is 33.7 Å². The molecule has 3 heterocycles. The Balaban J connectivity index is 1.35. The van der Waals surface area contributed by atoms with Crippen molar-refractivity contribution in [3.63, 3.8) is 0 Å². The minimum Gasteiger partial charge on any atom is -0.493 e. The monoisotopic (exact) mass is 494 g/mol.